The first-order valence-electron chi connectivity index (χ1n) is 10.4. The third-order valence-electron chi connectivity index (χ3n) is 5.23. The first kappa shape index (κ1) is 20.4. The second-order valence-corrected chi connectivity index (χ2v) is 7.46. The lowest BCUT2D eigenvalue weighted by atomic mass is 10.1. The largest absolute Gasteiger partial charge is 0.497 e. The topological polar surface area (TPSA) is 73.0 Å². The fourth-order valence-corrected chi connectivity index (χ4v) is 3.58. The minimum atomic E-state index is -0.217. The Morgan fingerprint density at radius 3 is 2.48 bits per heavy atom. The van der Waals surface area contributed by atoms with E-state index in [-0.39, 0.29) is 5.91 Å². The molecule has 1 amide bonds. The van der Waals surface area contributed by atoms with Crippen LogP contribution in [0.2, 0.25) is 0 Å². The van der Waals surface area contributed by atoms with Gasteiger partial charge in [0.15, 0.2) is 0 Å². The van der Waals surface area contributed by atoms with Gasteiger partial charge in [0.05, 0.1) is 31.8 Å². The van der Waals surface area contributed by atoms with Gasteiger partial charge < -0.3 is 14.0 Å². The molecule has 3 heterocycles. The van der Waals surface area contributed by atoms with Gasteiger partial charge in [0, 0.05) is 18.6 Å². The van der Waals surface area contributed by atoms with Crippen LogP contribution in [-0.2, 0) is 16.2 Å². The van der Waals surface area contributed by atoms with Crippen LogP contribution in [0.4, 0.5) is 5.88 Å². The van der Waals surface area contributed by atoms with Gasteiger partial charge in [-0.2, -0.15) is 10.1 Å². The monoisotopic (exact) mass is 442 g/mol. The Morgan fingerprint density at radius 2 is 1.82 bits per heavy atom. The van der Waals surface area contributed by atoms with E-state index in [1.54, 1.807) is 25.4 Å². The van der Waals surface area contributed by atoms with Crippen LogP contribution in [0.5, 0.6) is 5.75 Å². The van der Waals surface area contributed by atoms with Gasteiger partial charge in [-0.15, -0.1) is 0 Å². The molecule has 0 bridgehead atoms. The Bertz CT molecular complexity index is 1280. The summed E-state index contributed by atoms with van der Waals surface area (Å²) < 4.78 is 12.6. The van der Waals surface area contributed by atoms with Crippen molar-refractivity contribution in [3.05, 3.63) is 96.5 Å². The molecular weight excluding hydrogens is 420 g/mol. The predicted octanol–water partition coefficient (Wildman–Crippen LogP) is 4.71. The fourth-order valence-electron chi connectivity index (χ4n) is 3.58. The van der Waals surface area contributed by atoms with Gasteiger partial charge in [0.25, 0.3) is 5.88 Å². The minimum absolute atomic E-state index is 0.217. The molecule has 0 saturated heterocycles. The van der Waals surface area contributed by atoms with Gasteiger partial charge in [-0.25, -0.2) is 0 Å². The highest BCUT2D eigenvalue weighted by atomic mass is 16.7. The van der Waals surface area contributed by atoms with Crippen molar-refractivity contribution in [1.82, 2.24) is 14.8 Å². The van der Waals surface area contributed by atoms with Crippen molar-refractivity contribution in [2.45, 2.75) is 13.5 Å². The normalized spacial score (nSPS) is 13.1. The number of benzene rings is 2. The molecule has 8 heteroatoms. The lowest BCUT2D eigenvalue weighted by molar-refractivity contribution is -0.129. The molecular formula is C25H22N4O4. The number of rotatable bonds is 6. The Balaban J connectivity index is 1.55. The molecule has 5 rings (SSSR count). The Labute approximate surface area is 190 Å². The molecule has 166 valence electrons. The van der Waals surface area contributed by atoms with Gasteiger partial charge in [0.2, 0.25) is 11.7 Å². The number of hydrogen-bond acceptors (Lipinski definition) is 6. The Hall–Kier alpha value is -4.46. The van der Waals surface area contributed by atoms with Crippen LogP contribution >= 0.6 is 0 Å². The number of carbonyl (C=O) groups is 1. The van der Waals surface area contributed by atoms with Gasteiger partial charge >= 0.3 is 0 Å². The van der Waals surface area contributed by atoms with Crippen LogP contribution in [0.3, 0.4) is 0 Å². The van der Waals surface area contributed by atoms with E-state index in [0.29, 0.717) is 18.2 Å². The van der Waals surface area contributed by atoms with Crippen molar-refractivity contribution in [2.24, 2.45) is 0 Å². The second-order valence-electron chi connectivity index (χ2n) is 7.46. The number of methoxy groups -OCH3 is 1. The molecule has 8 nitrogen and oxygen atoms in total. The minimum Gasteiger partial charge on any atom is -0.497 e. The highest BCUT2D eigenvalue weighted by molar-refractivity contribution is 5.80. The number of amides is 1. The number of nitrogens with zero attached hydrogens (tertiary/aromatic N) is 4. The zero-order valence-electron chi connectivity index (χ0n) is 18.2. The number of hydrazine groups is 1. The van der Waals surface area contributed by atoms with Gasteiger partial charge in [-0.3, -0.25) is 9.48 Å². The van der Waals surface area contributed by atoms with Gasteiger partial charge in [-0.05, 0) is 42.0 Å². The third kappa shape index (κ3) is 4.06. The first-order chi connectivity index (χ1) is 16.1. The van der Waals surface area contributed by atoms with Crippen LogP contribution in [0.1, 0.15) is 18.2 Å². The summed E-state index contributed by atoms with van der Waals surface area (Å²) >= 11 is 0. The molecule has 0 N–H and O–H groups in total. The van der Waals surface area contributed by atoms with Crippen molar-refractivity contribution < 1.29 is 18.8 Å². The number of aromatic nitrogens is 2. The molecule has 0 spiro atoms. The molecule has 33 heavy (non-hydrogen) atoms. The molecule has 1 aliphatic heterocycles. The molecule has 2 aromatic heterocycles. The van der Waals surface area contributed by atoms with Crippen molar-refractivity contribution in [1.29, 1.82) is 0 Å². The first-order valence-corrected chi connectivity index (χ1v) is 10.4. The summed E-state index contributed by atoms with van der Waals surface area (Å²) in [6, 6.07) is 23.1. The van der Waals surface area contributed by atoms with E-state index in [1.807, 2.05) is 65.3 Å². The maximum atomic E-state index is 12.3. The molecule has 0 radical (unpaired) electrons. The SMILES string of the molecule is COc1ccc(-c2cc(C3=CN(C(C)=O)N(c4ccco4)O3)n(Cc3ccccc3)n2)cc1. The van der Waals surface area contributed by atoms with E-state index >= 15 is 0 Å². The summed E-state index contributed by atoms with van der Waals surface area (Å²) in [5.41, 5.74) is 3.53. The highest BCUT2D eigenvalue weighted by Crippen LogP contribution is 2.33. The fraction of sp³-hybridized carbons (Fsp3) is 0.120. The maximum absolute atomic E-state index is 12.3. The molecule has 2 aromatic carbocycles. The average Bonchev–Trinajstić information content (AvgIpc) is 3.59. The van der Waals surface area contributed by atoms with Gasteiger partial charge in [0.1, 0.15) is 11.4 Å². The smallest absolute Gasteiger partial charge is 0.252 e. The van der Waals surface area contributed by atoms with Crippen molar-refractivity contribution >= 4 is 17.6 Å². The Kier molecular flexibility index (Phi) is 5.32. The average molecular weight is 442 g/mol. The number of furan rings is 1. The lowest BCUT2D eigenvalue weighted by Crippen LogP contribution is -2.37. The second kappa shape index (κ2) is 8.58. The van der Waals surface area contributed by atoms with Crippen LogP contribution < -0.4 is 9.91 Å². The number of ether oxygens (including phenoxy) is 1. The van der Waals surface area contributed by atoms with Crippen LogP contribution in [0.15, 0.2) is 89.7 Å². The van der Waals surface area contributed by atoms with E-state index in [2.05, 4.69) is 0 Å². The van der Waals surface area contributed by atoms with Crippen molar-refractivity contribution in [3.63, 3.8) is 0 Å². The molecule has 4 aromatic rings. The molecule has 0 saturated carbocycles. The van der Waals surface area contributed by atoms with E-state index in [1.165, 1.54) is 23.4 Å². The molecule has 0 fully saturated rings. The highest BCUT2D eigenvalue weighted by Gasteiger charge is 2.32. The summed E-state index contributed by atoms with van der Waals surface area (Å²) in [4.78, 5) is 18.3. The summed E-state index contributed by atoms with van der Waals surface area (Å²) in [5.74, 6) is 1.42. The number of hydrogen-bond donors (Lipinski definition) is 0. The van der Waals surface area contributed by atoms with E-state index in [9.17, 15) is 4.79 Å². The molecule has 0 aliphatic carbocycles. The summed E-state index contributed by atoms with van der Waals surface area (Å²) in [6.07, 6.45) is 3.16. The van der Waals surface area contributed by atoms with E-state index in [4.69, 9.17) is 19.1 Å². The zero-order valence-corrected chi connectivity index (χ0v) is 18.2. The van der Waals surface area contributed by atoms with Crippen LogP contribution in [-0.4, -0.2) is 27.8 Å². The predicted molar refractivity (Wildman–Crippen MR) is 123 cm³/mol. The van der Waals surface area contributed by atoms with Crippen molar-refractivity contribution in [3.8, 4) is 17.0 Å². The number of carbonyl (C=O) groups excluding carboxylic acids is 1. The quantitative estimate of drug-likeness (QED) is 0.431. The van der Waals surface area contributed by atoms with E-state index in [0.717, 1.165) is 28.3 Å². The standard InChI is InChI=1S/C25H22N4O4/c1-18(30)28-17-24(33-29(28)25-9-6-14-32-25)23-15-22(20-10-12-21(31-2)13-11-20)26-27(23)16-19-7-4-3-5-8-19/h3-15,17H,16H2,1-2H3. The lowest BCUT2D eigenvalue weighted by Gasteiger charge is -2.22. The summed E-state index contributed by atoms with van der Waals surface area (Å²) in [5, 5.41) is 7.53. The molecule has 0 atom stereocenters. The van der Waals surface area contributed by atoms with Crippen LogP contribution in [0, 0.1) is 0 Å². The van der Waals surface area contributed by atoms with Gasteiger partial charge in [-0.1, -0.05) is 35.5 Å². The third-order valence-corrected chi connectivity index (χ3v) is 5.23. The van der Waals surface area contributed by atoms with E-state index < -0.39 is 0 Å². The van der Waals surface area contributed by atoms with Crippen molar-refractivity contribution in [2.75, 3.05) is 12.3 Å². The molecule has 0 unspecified atom stereocenters. The summed E-state index contributed by atoms with van der Waals surface area (Å²) in [7, 11) is 1.64. The number of anilines is 1. The Morgan fingerprint density at radius 1 is 1.03 bits per heavy atom. The summed E-state index contributed by atoms with van der Waals surface area (Å²) in [6.45, 7) is 2.00. The maximum Gasteiger partial charge on any atom is 0.252 e. The zero-order chi connectivity index (χ0) is 22.8. The van der Waals surface area contributed by atoms with Crippen LogP contribution in [0.25, 0.3) is 17.0 Å². The molecule has 1 aliphatic rings.